The summed E-state index contributed by atoms with van der Waals surface area (Å²) in [5, 5.41) is 9.54. The number of aromatic carboxylic acids is 1. The molecule has 6 heteroatoms. The maximum Gasteiger partial charge on any atom is 0.355 e. The Morgan fingerprint density at radius 2 is 2.09 bits per heavy atom. The highest BCUT2D eigenvalue weighted by Gasteiger charge is 2.20. The van der Waals surface area contributed by atoms with Gasteiger partial charge in [-0.25, -0.2) is 9.78 Å². The summed E-state index contributed by atoms with van der Waals surface area (Å²) in [6.07, 6.45) is 1.71. The second kappa shape index (κ2) is 5.07. The lowest BCUT2D eigenvalue weighted by atomic mass is 10.1. The fourth-order valence-corrected chi connectivity index (χ4v) is 2.43. The number of carbonyl (C=O) groups is 1. The predicted molar refractivity (Wildman–Crippen MR) is 83.3 cm³/mol. The number of rotatable bonds is 3. The number of carboxylic acids is 1. The Balaban J connectivity index is 2.28. The van der Waals surface area contributed by atoms with Crippen LogP contribution in [0.15, 0.2) is 36.5 Å². The lowest BCUT2D eigenvalue weighted by molar-refractivity contribution is 0.0690. The molecule has 112 valence electrons. The van der Waals surface area contributed by atoms with Crippen molar-refractivity contribution in [2.24, 2.45) is 0 Å². The average molecular weight is 297 g/mol. The Hall–Kier alpha value is -3.02. The summed E-state index contributed by atoms with van der Waals surface area (Å²) in [6, 6.07) is 8.79. The highest BCUT2D eigenvalue weighted by atomic mass is 16.5. The van der Waals surface area contributed by atoms with E-state index in [1.54, 1.807) is 28.8 Å². The van der Waals surface area contributed by atoms with Gasteiger partial charge in [-0.15, -0.1) is 0 Å². The van der Waals surface area contributed by atoms with Crippen molar-refractivity contribution in [1.29, 1.82) is 0 Å². The van der Waals surface area contributed by atoms with Crippen molar-refractivity contribution in [3.8, 4) is 17.0 Å². The molecule has 0 unspecified atom stereocenters. The number of nitrogens with two attached hydrogens (primary N) is 1. The van der Waals surface area contributed by atoms with Crippen LogP contribution in [0.2, 0.25) is 0 Å². The minimum atomic E-state index is -1.04. The number of aryl methyl sites for hydroxylation is 1. The van der Waals surface area contributed by atoms with Gasteiger partial charge < -0.3 is 15.6 Å². The van der Waals surface area contributed by atoms with Crippen LogP contribution in [0, 0.1) is 6.92 Å². The van der Waals surface area contributed by atoms with Crippen LogP contribution in [0.5, 0.6) is 5.75 Å². The van der Waals surface area contributed by atoms with Gasteiger partial charge in [-0.1, -0.05) is 0 Å². The average Bonchev–Trinajstić information content (AvgIpc) is 2.85. The van der Waals surface area contributed by atoms with Gasteiger partial charge in [-0.3, -0.25) is 4.40 Å². The highest BCUT2D eigenvalue weighted by molar-refractivity contribution is 5.95. The normalized spacial score (nSPS) is 10.8. The molecule has 0 bridgehead atoms. The number of methoxy groups -OCH3 is 1. The van der Waals surface area contributed by atoms with E-state index in [0.717, 1.165) is 5.56 Å². The number of nitrogens with zero attached hydrogens (tertiary/aromatic N) is 2. The maximum absolute atomic E-state index is 11.6. The van der Waals surface area contributed by atoms with Crippen LogP contribution in [0.1, 0.15) is 16.1 Å². The number of pyridine rings is 1. The quantitative estimate of drug-likeness (QED) is 0.725. The summed E-state index contributed by atoms with van der Waals surface area (Å²) in [4.78, 5) is 16.1. The first kappa shape index (κ1) is 13.9. The number of carboxylic acid groups (broad SMARTS) is 1. The number of hydrogen-bond acceptors (Lipinski definition) is 4. The lowest BCUT2D eigenvalue weighted by Crippen LogP contribution is -2.03. The maximum atomic E-state index is 11.6. The van der Waals surface area contributed by atoms with E-state index in [0.29, 0.717) is 28.3 Å². The zero-order chi connectivity index (χ0) is 15.9. The van der Waals surface area contributed by atoms with E-state index in [2.05, 4.69) is 4.98 Å². The van der Waals surface area contributed by atoms with E-state index in [9.17, 15) is 9.90 Å². The molecule has 0 spiro atoms. The van der Waals surface area contributed by atoms with Gasteiger partial charge in [0.2, 0.25) is 0 Å². The van der Waals surface area contributed by atoms with Crippen molar-refractivity contribution in [1.82, 2.24) is 9.38 Å². The first-order valence-electron chi connectivity index (χ1n) is 6.67. The third kappa shape index (κ3) is 2.14. The zero-order valence-corrected chi connectivity index (χ0v) is 12.2. The van der Waals surface area contributed by atoms with Crippen LogP contribution >= 0.6 is 0 Å². The summed E-state index contributed by atoms with van der Waals surface area (Å²) in [6.45, 7) is 1.93. The van der Waals surface area contributed by atoms with Gasteiger partial charge >= 0.3 is 5.97 Å². The zero-order valence-electron chi connectivity index (χ0n) is 12.2. The van der Waals surface area contributed by atoms with Crippen molar-refractivity contribution < 1.29 is 14.6 Å². The van der Waals surface area contributed by atoms with Gasteiger partial charge in [0.15, 0.2) is 5.69 Å². The molecule has 0 amide bonds. The van der Waals surface area contributed by atoms with E-state index in [4.69, 9.17) is 10.5 Å². The molecule has 1 aromatic carbocycles. The largest absolute Gasteiger partial charge is 0.495 e. The number of aromatic nitrogens is 2. The molecule has 2 aromatic heterocycles. The van der Waals surface area contributed by atoms with Crippen LogP contribution in [-0.2, 0) is 0 Å². The van der Waals surface area contributed by atoms with Gasteiger partial charge in [0.25, 0.3) is 0 Å². The molecule has 0 atom stereocenters. The fraction of sp³-hybridized carbons (Fsp3) is 0.125. The molecule has 0 aliphatic carbocycles. The molecule has 0 aliphatic rings. The van der Waals surface area contributed by atoms with Crippen molar-refractivity contribution in [3.05, 3.63) is 47.8 Å². The fourth-order valence-electron chi connectivity index (χ4n) is 2.43. The molecule has 0 aliphatic heterocycles. The van der Waals surface area contributed by atoms with Gasteiger partial charge in [0, 0.05) is 11.8 Å². The molecule has 0 radical (unpaired) electrons. The second-order valence-electron chi connectivity index (χ2n) is 5.00. The summed E-state index contributed by atoms with van der Waals surface area (Å²) in [5.41, 5.74) is 9.06. The summed E-state index contributed by atoms with van der Waals surface area (Å²) in [7, 11) is 1.53. The molecular weight excluding hydrogens is 282 g/mol. The third-order valence-electron chi connectivity index (χ3n) is 3.49. The third-order valence-corrected chi connectivity index (χ3v) is 3.49. The van der Waals surface area contributed by atoms with Gasteiger partial charge in [-0.2, -0.15) is 0 Å². The SMILES string of the molecule is COc1ccc(-c2nc3cc(C)ccn3c2C(=O)O)cc1N. The van der Waals surface area contributed by atoms with Crippen molar-refractivity contribution >= 4 is 17.3 Å². The Morgan fingerprint density at radius 3 is 2.73 bits per heavy atom. The molecule has 3 aromatic rings. The number of imidazole rings is 1. The number of nitrogen functional groups attached to an aromatic ring is 1. The molecule has 0 saturated heterocycles. The molecule has 6 nitrogen and oxygen atoms in total. The number of benzene rings is 1. The Morgan fingerprint density at radius 1 is 1.32 bits per heavy atom. The Labute approximate surface area is 126 Å². The van der Waals surface area contributed by atoms with Gasteiger partial charge in [-0.05, 0) is 42.8 Å². The summed E-state index contributed by atoms with van der Waals surface area (Å²) in [5.74, 6) is -0.499. The summed E-state index contributed by atoms with van der Waals surface area (Å²) < 4.78 is 6.68. The number of fused-ring (bicyclic) bond motifs is 1. The van der Waals surface area contributed by atoms with E-state index < -0.39 is 5.97 Å². The lowest BCUT2D eigenvalue weighted by Gasteiger charge is -2.06. The number of ether oxygens (including phenoxy) is 1. The van der Waals surface area contributed by atoms with Crippen molar-refractivity contribution in [3.63, 3.8) is 0 Å². The first-order chi connectivity index (χ1) is 10.5. The molecule has 0 saturated carbocycles. The van der Waals surface area contributed by atoms with E-state index in [1.807, 2.05) is 19.1 Å². The van der Waals surface area contributed by atoms with Crippen LogP contribution in [-0.4, -0.2) is 27.6 Å². The molecule has 2 heterocycles. The Bertz CT molecular complexity index is 884. The summed E-state index contributed by atoms with van der Waals surface area (Å²) >= 11 is 0. The van der Waals surface area contributed by atoms with E-state index in [1.165, 1.54) is 7.11 Å². The van der Waals surface area contributed by atoms with Crippen molar-refractivity contribution in [2.45, 2.75) is 6.92 Å². The van der Waals surface area contributed by atoms with Gasteiger partial charge in [0.1, 0.15) is 17.1 Å². The standard InChI is InChI=1S/C16H15N3O3/c1-9-5-6-19-13(7-9)18-14(15(19)16(20)21)10-3-4-12(22-2)11(17)8-10/h3-8H,17H2,1-2H3,(H,20,21). The highest BCUT2D eigenvalue weighted by Crippen LogP contribution is 2.30. The minimum Gasteiger partial charge on any atom is -0.495 e. The topological polar surface area (TPSA) is 89.8 Å². The van der Waals surface area contributed by atoms with Crippen LogP contribution in [0.25, 0.3) is 16.9 Å². The minimum absolute atomic E-state index is 0.111. The smallest absolute Gasteiger partial charge is 0.355 e. The number of hydrogen-bond donors (Lipinski definition) is 2. The molecular formula is C16H15N3O3. The number of anilines is 1. The van der Waals surface area contributed by atoms with Crippen molar-refractivity contribution in [2.75, 3.05) is 12.8 Å². The van der Waals surface area contributed by atoms with Crippen LogP contribution in [0.3, 0.4) is 0 Å². The van der Waals surface area contributed by atoms with E-state index >= 15 is 0 Å². The van der Waals surface area contributed by atoms with E-state index in [-0.39, 0.29) is 5.69 Å². The molecule has 22 heavy (non-hydrogen) atoms. The predicted octanol–water partition coefficient (Wildman–Crippen LogP) is 2.60. The first-order valence-corrected chi connectivity index (χ1v) is 6.67. The molecule has 0 fully saturated rings. The van der Waals surface area contributed by atoms with Crippen LogP contribution < -0.4 is 10.5 Å². The van der Waals surface area contributed by atoms with Crippen LogP contribution in [0.4, 0.5) is 5.69 Å². The Kier molecular flexibility index (Phi) is 3.21. The van der Waals surface area contributed by atoms with Gasteiger partial charge in [0.05, 0.1) is 12.8 Å². The molecule has 3 rings (SSSR count). The molecule has 3 N–H and O–H groups in total. The monoisotopic (exact) mass is 297 g/mol. The second-order valence-corrected chi connectivity index (χ2v) is 5.00.